The third kappa shape index (κ3) is 7.87. The number of hydrazone groups is 1. The Morgan fingerprint density at radius 3 is 2.53 bits per heavy atom. The Morgan fingerprint density at radius 1 is 1.05 bits per heavy atom. The maximum atomic E-state index is 13.8. The van der Waals surface area contributed by atoms with Gasteiger partial charge in [0.05, 0.1) is 28.8 Å². The molecular formula is C30H27ClN4O7S. The molecule has 0 saturated heterocycles. The number of anilines is 1. The minimum Gasteiger partial charge on any atom is -0.495 e. The van der Waals surface area contributed by atoms with Gasteiger partial charge in [-0.1, -0.05) is 60.1 Å². The largest absolute Gasteiger partial charge is 0.495 e. The van der Waals surface area contributed by atoms with Crippen LogP contribution in [0.15, 0.2) is 101 Å². The number of aryl methyl sites for hydroxylation is 1. The van der Waals surface area contributed by atoms with Crippen LogP contribution in [0, 0.1) is 17.0 Å². The van der Waals surface area contributed by atoms with E-state index in [2.05, 4.69) is 10.5 Å². The van der Waals surface area contributed by atoms with E-state index in [1.807, 2.05) is 30.3 Å². The van der Waals surface area contributed by atoms with Gasteiger partial charge < -0.3 is 9.47 Å². The molecule has 0 saturated carbocycles. The Bertz CT molecular complexity index is 1770. The lowest BCUT2D eigenvalue weighted by Crippen LogP contribution is -2.39. The lowest BCUT2D eigenvalue weighted by molar-refractivity contribution is -0.385. The molecule has 0 aliphatic heterocycles. The number of nitro benzene ring substituents is 1. The maximum absolute atomic E-state index is 13.8. The van der Waals surface area contributed by atoms with Gasteiger partial charge in [-0.3, -0.25) is 19.2 Å². The number of nitrogens with one attached hydrogen (secondary N) is 1. The van der Waals surface area contributed by atoms with Crippen LogP contribution in [-0.2, 0) is 21.4 Å². The lowest BCUT2D eigenvalue weighted by atomic mass is 10.2. The normalized spacial score (nSPS) is 11.2. The van der Waals surface area contributed by atoms with Gasteiger partial charge in [0, 0.05) is 16.7 Å². The molecule has 4 rings (SSSR count). The highest BCUT2D eigenvalue weighted by atomic mass is 35.5. The van der Waals surface area contributed by atoms with E-state index in [1.165, 1.54) is 50.6 Å². The summed E-state index contributed by atoms with van der Waals surface area (Å²) in [7, 11) is -3.19. The van der Waals surface area contributed by atoms with E-state index in [0.717, 1.165) is 15.9 Å². The molecule has 11 nitrogen and oxygen atoms in total. The molecule has 0 aliphatic rings. The van der Waals surface area contributed by atoms with Crippen molar-refractivity contribution >= 4 is 45.1 Å². The molecule has 4 aromatic rings. The number of nitrogens with zero attached hydrogens (tertiary/aromatic N) is 3. The van der Waals surface area contributed by atoms with E-state index < -0.39 is 32.3 Å². The minimum absolute atomic E-state index is 0.0411. The predicted molar refractivity (Wildman–Crippen MR) is 163 cm³/mol. The number of carbonyl (C=O) groups is 1. The van der Waals surface area contributed by atoms with Gasteiger partial charge in [0.2, 0.25) is 0 Å². The molecule has 0 fully saturated rings. The average Bonchev–Trinajstić information content (AvgIpc) is 2.99. The second-order valence-corrected chi connectivity index (χ2v) is 11.5. The molecule has 4 aromatic carbocycles. The summed E-state index contributed by atoms with van der Waals surface area (Å²) in [6.45, 7) is 1.13. The summed E-state index contributed by atoms with van der Waals surface area (Å²) in [5, 5.41) is 15.6. The third-order valence-electron chi connectivity index (χ3n) is 6.17. The average molecular weight is 623 g/mol. The molecule has 1 N–H and O–H groups in total. The van der Waals surface area contributed by atoms with E-state index in [-0.39, 0.29) is 27.7 Å². The van der Waals surface area contributed by atoms with Crippen LogP contribution in [0.1, 0.15) is 16.7 Å². The standard InChI is InChI=1S/C30H27ClN4O7S/c1-21-11-13-26(17-27(21)35(37)38)43(39,40)34(28-16-24(31)12-14-29(28)41-2)19-30(36)33-32-18-23-9-6-10-25(15-23)42-20-22-7-4-3-5-8-22/h3-18H,19-20H2,1-2H3,(H,33,36)/b32-18-. The fraction of sp³-hybridized carbons (Fsp3) is 0.133. The summed E-state index contributed by atoms with van der Waals surface area (Å²) in [6.07, 6.45) is 1.38. The van der Waals surface area contributed by atoms with Crippen LogP contribution in [-0.4, -0.2) is 39.1 Å². The first-order valence-electron chi connectivity index (χ1n) is 12.8. The number of amides is 1. The molecule has 0 heterocycles. The summed E-state index contributed by atoms with van der Waals surface area (Å²) in [5.74, 6) is -0.0882. The molecule has 1 amide bonds. The molecule has 13 heteroatoms. The van der Waals surface area contributed by atoms with E-state index >= 15 is 0 Å². The molecule has 0 atom stereocenters. The van der Waals surface area contributed by atoms with Crippen molar-refractivity contribution in [2.75, 3.05) is 18.0 Å². The molecule has 0 unspecified atom stereocenters. The number of hydrogen-bond acceptors (Lipinski definition) is 8. The van der Waals surface area contributed by atoms with E-state index in [9.17, 15) is 23.3 Å². The number of halogens is 1. The van der Waals surface area contributed by atoms with Gasteiger partial charge in [0.1, 0.15) is 24.7 Å². The number of rotatable bonds is 12. The summed E-state index contributed by atoms with van der Waals surface area (Å²) in [4.78, 5) is 23.4. The zero-order valence-corrected chi connectivity index (χ0v) is 24.7. The Kier molecular flexibility index (Phi) is 9.96. The highest BCUT2D eigenvalue weighted by molar-refractivity contribution is 7.92. The highest BCUT2D eigenvalue weighted by Crippen LogP contribution is 2.35. The predicted octanol–water partition coefficient (Wildman–Crippen LogP) is 5.49. The Morgan fingerprint density at radius 2 is 1.81 bits per heavy atom. The van der Waals surface area contributed by atoms with Crippen molar-refractivity contribution in [1.82, 2.24) is 5.43 Å². The van der Waals surface area contributed by atoms with Crippen molar-refractivity contribution in [2.45, 2.75) is 18.4 Å². The van der Waals surface area contributed by atoms with Crippen molar-refractivity contribution in [3.8, 4) is 11.5 Å². The summed E-state index contributed by atoms with van der Waals surface area (Å²) in [6, 6.07) is 24.4. The van der Waals surface area contributed by atoms with Gasteiger partial charge in [-0.15, -0.1) is 0 Å². The Hall–Kier alpha value is -4.94. The van der Waals surface area contributed by atoms with E-state index in [0.29, 0.717) is 17.9 Å². The Labute approximate surface area is 253 Å². The number of hydrogen-bond donors (Lipinski definition) is 1. The summed E-state index contributed by atoms with van der Waals surface area (Å²) in [5.41, 5.74) is 3.80. The first-order valence-corrected chi connectivity index (χ1v) is 14.6. The van der Waals surface area contributed by atoms with Gasteiger partial charge in [-0.25, -0.2) is 13.8 Å². The first kappa shape index (κ1) is 31.0. The number of benzene rings is 4. The van der Waals surface area contributed by atoms with Crippen molar-refractivity contribution in [1.29, 1.82) is 0 Å². The van der Waals surface area contributed by atoms with Gasteiger partial charge in [-0.2, -0.15) is 5.10 Å². The quantitative estimate of drug-likeness (QED) is 0.125. The SMILES string of the molecule is COc1ccc(Cl)cc1N(CC(=O)N/N=C\c1cccc(OCc2ccccc2)c1)S(=O)(=O)c1ccc(C)c([N+](=O)[O-])c1. The second kappa shape index (κ2) is 13.8. The van der Waals surface area contributed by atoms with Crippen molar-refractivity contribution in [3.05, 3.63) is 123 Å². The monoisotopic (exact) mass is 622 g/mol. The van der Waals surface area contributed by atoms with E-state index in [4.69, 9.17) is 21.1 Å². The molecule has 222 valence electrons. The Balaban J connectivity index is 1.55. The van der Waals surface area contributed by atoms with Gasteiger partial charge in [0.25, 0.3) is 21.6 Å². The van der Waals surface area contributed by atoms with Crippen LogP contribution in [0.5, 0.6) is 11.5 Å². The highest BCUT2D eigenvalue weighted by Gasteiger charge is 2.31. The smallest absolute Gasteiger partial charge is 0.273 e. The maximum Gasteiger partial charge on any atom is 0.273 e. The first-order chi connectivity index (χ1) is 20.6. The number of ether oxygens (including phenoxy) is 2. The van der Waals surface area contributed by atoms with Crippen LogP contribution >= 0.6 is 11.6 Å². The zero-order chi connectivity index (χ0) is 31.0. The minimum atomic E-state index is -4.52. The lowest BCUT2D eigenvalue weighted by Gasteiger charge is -2.25. The molecule has 43 heavy (non-hydrogen) atoms. The van der Waals surface area contributed by atoms with Crippen LogP contribution in [0.2, 0.25) is 5.02 Å². The number of sulfonamides is 1. The van der Waals surface area contributed by atoms with Gasteiger partial charge in [0.15, 0.2) is 0 Å². The van der Waals surface area contributed by atoms with Crippen LogP contribution in [0.4, 0.5) is 11.4 Å². The van der Waals surface area contributed by atoms with Gasteiger partial charge >= 0.3 is 0 Å². The molecule has 0 aliphatic carbocycles. The zero-order valence-electron chi connectivity index (χ0n) is 23.1. The van der Waals surface area contributed by atoms with E-state index in [1.54, 1.807) is 24.3 Å². The molecule has 0 aromatic heterocycles. The molecule has 0 bridgehead atoms. The van der Waals surface area contributed by atoms with Gasteiger partial charge in [-0.05, 0) is 54.4 Å². The summed E-state index contributed by atoms with van der Waals surface area (Å²) < 4.78 is 39.5. The molecular weight excluding hydrogens is 596 g/mol. The van der Waals surface area contributed by atoms with Crippen molar-refractivity contribution in [2.24, 2.45) is 5.10 Å². The number of methoxy groups -OCH3 is 1. The summed E-state index contributed by atoms with van der Waals surface area (Å²) >= 11 is 6.16. The second-order valence-electron chi connectivity index (χ2n) is 9.17. The van der Waals surface area contributed by atoms with Crippen LogP contribution in [0.3, 0.4) is 0 Å². The topological polar surface area (TPSA) is 140 Å². The fourth-order valence-corrected chi connectivity index (χ4v) is 5.61. The number of nitro groups is 1. The van der Waals surface area contributed by atoms with Crippen LogP contribution < -0.4 is 19.2 Å². The van der Waals surface area contributed by atoms with Crippen LogP contribution in [0.25, 0.3) is 0 Å². The molecule has 0 spiro atoms. The third-order valence-corrected chi connectivity index (χ3v) is 8.16. The molecule has 0 radical (unpaired) electrons. The van der Waals surface area contributed by atoms with Crippen molar-refractivity contribution in [3.63, 3.8) is 0 Å². The van der Waals surface area contributed by atoms with Crippen molar-refractivity contribution < 1.29 is 27.6 Å². The number of carbonyl (C=O) groups excluding carboxylic acids is 1. The fourth-order valence-electron chi connectivity index (χ4n) is 4.00.